The zero-order valence-corrected chi connectivity index (χ0v) is 13.7. The summed E-state index contributed by atoms with van der Waals surface area (Å²) in [7, 11) is 1.59. The van der Waals surface area contributed by atoms with Gasteiger partial charge in [-0.05, 0) is 17.7 Å². The molecule has 23 heavy (non-hydrogen) atoms. The number of nitrogens with zero attached hydrogens (tertiary/aromatic N) is 3. The lowest BCUT2D eigenvalue weighted by Crippen LogP contribution is -2.21. The van der Waals surface area contributed by atoms with Crippen molar-refractivity contribution >= 4 is 11.6 Å². The number of ether oxygens (including phenoxy) is 1. The molecule has 6 nitrogen and oxygen atoms in total. The van der Waals surface area contributed by atoms with E-state index in [-0.39, 0.29) is 18.4 Å². The highest BCUT2D eigenvalue weighted by atomic mass is 35.5. The van der Waals surface area contributed by atoms with Gasteiger partial charge in [0.15, 0.2) is 5.82 Å². The molecule has 1 N–H and O–H groups in total. The van der Waals surface area contributed by atoms with Crippen molar-refractivity contribution in [2.45, 2.75) is 19.1 Å². The van der Waals surface area contributed by atoms with Gasteiger partial charge in [0.25, 0.3) is 5.89 Å². The van der Waals surface area contributed by atoms with Gasteiger partial charge < -0.3 is 14.4 Å². The highest BCUT2D eigenvalue weighted by Crippen LogP contribution is 2.33. The Balaban J connectivity index is 1.67. The molecule has 0 unspecified atom stereocenters. The molecule has 3 rings (SSSR count). The summed E-state index contributed by atoms with van der Waals surface area (Å²) in [5, 5.41) is 14.4. The van der Waals surface area contributed by atoms with Gasteiger partial charge in [-0.1, -0.05) is 28.9 Å². The second-order valence-corrected chi connectivity index (χ2v) is 6.27. The van der Waals surface area contributed by atoms with E-state index < -0.39 is 0 Å². The predicted octanol–water partition coefficient (Wildman–Crippen LogP) is 2.08. The SMILES string of the molecule is COCc1nc(CN2C[C@@H](CO)[C@H](c3ccc(Cl)cc3)C2)no1. The summed E-state index contributed by atoms with van der Waals surface area (Å²) >= 11 is 5.96. The zero-order chi connectivity index (χ0) is 16.2. The molecular formula is C16H20ClN3O3. The Labute approximate surface area is 140 Å². The number of benzene rings is 1. The van der Waals surface area contributed by atoms with Crippen LogP contribution in [0.15, 0.2) is 28.8 Å². The van der Waals surface area contributed by atoms with Gasteiger partial charge >= 0.3 is 0 Å². The second kappa shape index (κ2) is 7.40. The topological polar surface area (TPSA) is 71.6 Å². The molecule has 1 saturated heterocycles. The third-order valence-electron chi connectivity index (χ3n) is 4.19. The number of rotatable bonds is 6. The first-order chi connectivity index (χ1) is 11.2. The summed E-state index contributed by atoms with van der Waals surface area (Å²) in [6.45, 7) is 2.73. The number of aliphatic hydroxyl groups excluding tert-OH is 1. The fourth-order valence-corrected chi connectivity index (χ4v) is 3.22. The fraction of sp³-hybridized carbons (Fsp3) is 0.500. The van der Waals surface area contributed by atoms with Crippen molar-refractivity contribution in [1.82, 2.24) is 15.0 Å². The van der Waals surface area contributed by atoms with E-state index in [1.165, 1.54) is 5.56 Å². The average molecular weight is 338 g/mol. The van der Waals surface area contributed by atoms with E-state index >= 15 is 0 Å². The molecule has 1 aromatic carbocycles. The predicted molar refractivity (Wildman–Crippen MR) is 85.1 cm³/mol. The monoisotopic (exact) mass is 337 g/mol. The van der Waals surface area contributed by atoms with Crippen LogP contribution >= 0.6 is 11.6 Å². The summed E-state index contributed by atoms with van der Waals surface area (Å²) in [4.78, 5) is 6.54. The fourth-order valence-electron chi connectivity index (χ4n) is 3.10. The van der Waals surface area contributed by atoms with Gasteiger partial charge in [0.1, 0.15) is 6.61 Å². The molecule has 2 atom stereocenters. The largest absolute Gasteiger partial charge is 0.396 e. The molecule has 124 valence electrons. The molecule has 0 aliphatic carbocycles. The van der Waals surface area contributed by atoms with Crippen molar-refractivity contribution in [2.24, 2.45) is 5.92 Å². The Bertz CT molecular complexity index is 632. The summed E-state index contributed by atoms with van der Waals surface area (Å²) in [6.07, 6.45) is 0. The second-order valence-electron chi connectivity index (χ2n) is 5.83. The quantitative estimate of drug-likeness (QED) is 0.870. The smallest absolute Gasteiger partial charge is 0.252 e. The van der Waals surface area contributed by atoms with E-state index in [4.69, 9.17) is 20.9 Å². The molecule has 0 radical (unpaired) electrons. The molecule has 2 aromatic rings. The first kappa shape index (κ1) is 16.4. The number of halogens is 1. The molecule has 1 fully saturated rings. The minimum atomic E-state index is 0.158. The van der Waals surface area contributed by atoms with Crippen molar-refractivity contribution in [3.63, 3.8) is 0 Å². The van der Waals surface area contributed by atoms with Crippen LogP contribution in [0.25, 0.3) is 0 Å². The van der Waals surface area contributed by atoms with Crippen LogP contribution < -0.4 is 0 Å². The molecule has 0 amide bonds. The Morgan fingerprint density at radius 2 is 2.13 bits per heavy atom. The molecule has 1 aliphatic rings. The van der Waals surface area contributed by atoms with Gasteiger partial charge in [0, 0.05) is 43.7 Å². The lowest BCUT2D eigenvalue weighted by molar-refractivity contribution is 0.151. The van der Waals surface area contributed by atoms with Crippen LogP contribution in [0.3, 0.4) is 0 Å². The highest BCUT2D eigenvalue weighted by Gasteiger charge is 2.33. The lowest BCUT2D eigenvalue weighted by atomic mass is 9.90. The van der Waals surface area contributed by atoms with Crippen LogP contribution in [-0.4, -0.2) is 47.0 Å². The van der Waals surface area contributed by atoms with Crippen molar-refractivity contribution < 1.29 is 14.4 Å². The van der Waals surface area contributed by atoms with Crippen LogP contribution in [-0.2, 0) is 17.9 Å². The maximum absolute atomic E-state index is 9.69. The molecule has 1 aromatic heterocycles. The minimum Gasteiger partial charge on any atom is -0.396 e. The first-order valence-electron chi connectivity index (χ1n) is 7.58. The van der Waals surface area contributed by atoms with Gasteiger partial charge in [-0.3, -0.25) is 4.90 Å². The van der Waals surface area contributed by atoms with Crippen LogP contribution in [0, 0.1) is 5.92 Å². The van der Waals surface area contributed by atoms with Gasteiger partial charge in [0.05, 0.1) is 6.54 Å². The van der Waals surface area contributed by atoms with E-state index in [0.29, 0.717) is 24.9 Å². The summed E-state index contributed by atoms with van der Waals surface area (Å²) in [5.74, 6) is 1.60. The molecule has 0 bridgehead atoms. The Morgan fingerprint density at radius 3 is 2.83 bits per heavy atom. The molecule has 2 heterocycles. The first-order valence-corrected chi connectivity index (χ1v) is 7.96. The highest BCUT2D eigenvalue weighted by molar-refractivity contribution is 6.30. The number of aromatic nitrogens is 2. The number of aliphatic hydroxyl groups is 1. The molecule has 0 spiro atoms. The van der Waals surface area contributed by atoms with Gasteiger partial charge in [-0.15, -0.1) is 0 Å². The maximum Gasteiger partial charge on any atom is 0.252 e. The van der Waals surface area contributed by atoms with E-state index in [1.54, 1.807) is 7.11 Å². The van der Waals surface area contributed by atoms with Crippen LogP contribution in [0.4, 0.5) is 0 Å². The third kappa shape index (κ3) is 3.90. The number of hydrogen-bond acceptors (Lipinski definition) is 6. The summed E-state index contributed by atoms with van der Waals surface area (Å²) in [5.41, 5.74) is 1.20. The van der Waals surface area contributed by atoms with Crippen molar-refractivity contribution in [3.05, 3.63) is 46.6 Å². The molecule has 1 aliphatic heterocycles. The Hall–Kier alpha value is -1.47. The van der Waals surface area contributed by atoms with E-state index in [1.807, 2.05) is 24.3 Å². The standard InChI is InChI=1S/C16H20ClN3O3/c1-22-10-16-18-15(19-23-16)8-20-6-12(9-21)14(7-20)11-2-4-13(17)5-3-11/h2-5,12,14,21H,6-10H2,1H3/t12-,14-/m0/s1. The lowest BCUT2D eigenvalue weighted by Gasteiger charge is -2.16. The van der Waals surface area contributed by atoms with Crippen LogP contribution in [0.1, 0.15) is 23.2 Å². The normalized spacial score (nSPS) is 21.9. The van der Waals surface area contributed by atoms with E-state index in [0.717, 1.165) is 18.1 Å². The Kier molecular flexibility index (Phi) is 5.27. The maximum atomic E-state index is 9.69. The Morgan fingerprint density at radius 1 is 1.35 bits per heavy atom. The summed E-state index contributed by atoms with van der Waals surface area (Å²) < 4.78 is 10.1. The summed E-state index contributed by atoms with van der Waals surface area (Å²) in [6, 6.07) is 7.85. The van der Waals surface area contributed by atoms with Gasteiger partial charge in [-0.25, -0.2) is 0 Å². The van der Waals surface area contributed by atoms with Crippen molar-refractivity contribution in [1.29, 1.82) is 0 Å². The average Bonchev–Trinajstić information content (AvgIpc) is 3.16. The van der Waals surface area contributed by atoms with Gasteiger partial charge in [-0.2, -0.15) is 4.98 Å². The van der Waals surface area contributed by atoms with Gasteiger partial charge in [0.2, 0.25) is 0 Å². The van der Waals surface area contributed by atoms with Crippen LogP contribution in [0.5, 0.6) is 0 Å². The van der Waals surface area contributed by atoms with Crippen LogP contribution in [0.2, 0.25) is 5.02 Å². The zero-order valence-electron chi connectivity index (χ0n) is 13.0. The number of hydrogen-bond donors (Lipinski definition) is 1. The number of likely N-dealkylation sites (tertiary alicyclic amines) is 1. The molecule has 7 heteroatoms. The molecular weight excluding hydrogens is 318 g/mol. The third-order valence-corrected chi connectivity index (χ3v) is 4.44. The number of methoxy groups -OCH3 is 1. The minimum absolute atomic E-state index is 0.158. The molecule has 0 saturated carbocycles. The van der Waals surface area contributed by atoms with Crippen molar-refractivity contribution in [2.75, 3.05) is 26.8 Å². The van der Waals surface area contributed by atoms with E-state index in [9.17, 15) is 5.11 Å². The van der Waals surface area contributed by atoms with Crippen molar-refractivity contribution in [3.8, 4) is 0 Å². The van der Waals surface area contributed by atoms with E-state index in [2.05, 4.69) is 15.0 Å².